The second kappa shape index (κ2) is 5.65. The molecule has 0 fully saturated rings. The molecular weight excluding hydrogens is 295 g/mol. The highest BCUT2D eigenvalue weighted by molar-refractivity contribution is 8.00. The van der Waals surface area contributed by atoms with Crippen LogP contribution >= 0.6 is 23.4 Å². The SMILES string of the molecule is C#CCOC1Nc2c(Cl)cc(F)c([N+](=O)OC)c2S1. The van der Waals surface area contributed by atoms with Gasteiger partial charge in [-0.1, -0.05) is 29.3 Å². The first-order valence-corrected chi connectivity index (χ1v) is 6.36. The summed E-state index contributed by atoms with van der Waals surface area (Å²) in [5, 5.41) is 3.06. The van der Waals surface area contributed by atoms with E-state index < -0.39 is 11.4 Å². The van der Waals surface area contributed by atoms with Crippen LogP contribution in [0.15, 0.2) is 11.0 Å². The lowest BCUT2D eigenvalue weighted by Gasteiger charge is -2.08. The highest BCUT2D eigenvalue weighted by atomic mass is 35.5. The van der Waals surface area contributed by atoms with Gasteiger partial charge >= 0.3 is 5.69 Å². The normalized spacial score (nSPS) is 16.4. The van der Waals surface area contributed by atoms with E-state index in [0.717, 1.165) is 24.9 Å². The van der Waals surface area contributed by atoms with Crippen molar-refractivity contribution in [1.29, 1.82) is 0 Å². The first-order valence-electron chi connectivity index (χ1n) is 5.10. The van der Waals surface area contributed by atoms with Gasteiger partial charge in [0.2, 0.25) is 5.82 Å². The summed E-state index contributed by atoms with van der Waals surface area (Å²) in [7, 11) is 1.15. The summed E-state index contributed by atoms with van der Waals surface area (Å²) >= 11 is 7.02. The molecule has 0 saturated heterocycles. The minimum Gasteiger partial charge on any atom is -0.349 e. The van der Waals surface area contributed by atoms with Crippen LogP contribution < -0.4 is 5.32 Å². The number of rotatable bonds is 4. The minimum absolute atomic E-state index is 0.0828. The Kier molecular flexibility index (Phi) is 4.14. The molecule has 0 amide bonds. The van der Waals surface area contributed by atoms with Crippen LogP contribution in [-0.4, -0.2) is 24.2 Å². The maximum Gasteiger partial charge on any atom is 0.367 e. The van der Waals surface area contributed by atoms with Crippen LogP contribution in [-0.2, 0) is 9.57 Å². The zero-order valence-electron chi connectivity index (χ0n) is 9.78. The summed E-state index contributed by atoms with van der Waals surface area (Å²) in [5.74, 6) is 1.55. The van der Waals surface area contributed by atoms with Crippen LogP contribution in [0.1, 0.15) is 0 Å². The van der Waals surface area contributed by atoms with Crippen molar-refractivity contribution in [2.75, 3.05) is 19.0 Å². The van der Waals surface area contributed by atoms with E-state index in [1.807, 2.05) is 0 Å². The molecule has 0 bridgehead atoms. The predicted octanol–water partition coefficient (Wildman–Crippen LogP) is 2.90. The second-order valence-corrected chi connectivity index (χ2v) is 4.92. The first-order chi connectivity index (χ1) is 9.08. The third-order valence-corrected chi connectivity index (χ3v) is 3.71. The third kappa shape index (κ3) is 2.61. The lowest BCUT2D eigenvalue weighted by molar-refractivity contribution is -0.739. The van der Waals surface area contributed by atoms with Crippen molar-refractivity contribution in [3.05, 3.63) is 21.8 Å². The molecule has 1 atom stereocenters. The van der Waals surface area contributed by atoms with Crippen molar-refractivity contribution in [3.63, 3.8) is 0 Å². The molecule has 100 valence electrons. The molecular formula is C11H9ClFN2O3S+. The van der Waals surface area contributed by atoms with Crippen molar-refractivity contribution >= 4 is 34.7 Å². The lowest BCUT2D eigenvalue weighted by Crippen LogP contribution is -2.14. The molecule has 5 nitrogen and oxygen atoms in total. The van der Waals surface area contributed by atoms with Crippen LogP contribution in [0.2, 0.25) is 5.02 Å². The zero-order chi connectivity index (χ0) is 14.0. The Labute approximate surface area is 117 Å². The maximum atomic E-state index is 13.8. The number of halogens is 2. The fourth-order valence-electron chi connectivity index (χ4n) is 1.55. The van der Waals surface area contributed by atoms with Gasteiger partial charge in [-0.15, -0.1) is 6.42 Å². The fourth-order valence-corrected chi connectivity index (χ4v) is 2.95. The molecule has 1 aliphatic rings. The van der Waals surface area contributed by atoms with Crippen molar-refractivity contribution in [3.8, 4) is 12.3 Å². The van der Waals surface area contributed by atoms with Crippen LogP contribution in [0.5, 0.6) is 0 Å². The molecule has 0 aliphatic carbocycles. The standard InChI is InChI=1S/C11H9ClFN2O3S/c1-3-4-18-11-14-8-6(12)5-7(13)9(10(8)19-11)15(16)17-2/h1,5,11,14H,4H2,2H3/q+1. The summed E-state index contributed by atoms with van der Waals surface area (Å²) < 4.78 is 19.1. The summed E-state index contributed by atoms with van der Waals surface area (Å²) in [5.41, 5.74) is -0.358. The molecule has 0 spiro atoms. The monoisotopic (exact) mass is 303 g/mol. The topological polar surface area (TPSA) is 50.6 Å². The highest BCUT2D eigenvalue weighted by Crippen LogP contribution is 2.49. The van der Waals surface area contributed by atoms with Crippen LogP contribution in [0.4, 0.5) is 15.8 Å². The Morgan fingerprint density at radius 2 is 2.47 bits per heavy atom. The van der Waals surface area contributed by atoms with Gasteiger partial charge in [-0.2, -0.15) is 4.39 Å². The third-order valence-electron chi connectivity index (χ3n) is 2.31. The van der Waals surface area contributed by atoms with Crippen LogP contribution in [0.3, 0.4) is 0 Å². The van der Waals surface area contributed by atoms with Crippen molar-refractivity contribution in [1.82, 2.24) is 0 Å². The van der Waals surface area contributed by atoms with E-state index in [1.54, 1.807) is 0 Å². The number of benzene rings is 1. The van der Waals surface area contributed by atoms with Crippen LogP contribution in [0.25, 0.3) is 0 Å². The number of terminal acetylenes is 1. The van der Waals surface area contributed by atoms with E-state index >= 15 is 0 Å². The lowest BCUT2D eigenvalue weighted by atomic mass is 10.2. The predicted molar refractivity (Wildman–Crippen MR) is 69.8 cm³/mol. The average Bonchev–Trinajstić information content (AvgIpc) is 2.80. The molecule has 1 aromatic rings. The number of anilines is 1. The van der Waals surface area contributed by atoms with Crippen molar-refractivity contribution in [2.24, 2.45) is 0 Å². The number of ether oxygens (including phenoxy) is 1. The van der Waals surface area contributed by atoms with E-state index in [9.17, 15) is 9.30 Å². The largest absolute Gasteiger partial charge is 0.367 e. The number of thioether (sulfide) groups is 1. The quantitative estimate of drug-likeness (QED) is 0.684. The van der Waals surface area contributed by atoms with E-state index in [0.29, 0.717) is 10.6 Å². The average molecular weight is 304 g/mol. The Bertz CT molecular complexity index is 576. The molecule has 1 aliphatic heterocycles. The Hall–Kier alpha value is -1.49. The van der Waals surface area contributed by atoms with Gasteiger partial charge in [-0.25, -0.2) is 4.84 Å². The summed E-state index contributed by atoms with van der Waals surface area (Å²) in [6, 6.07) is 1.04. The smallest absolute Gasteiger partial charge is 0.349 e. The van der Waals surface area contributed by atoms with Gasteiger partial charge in [0.15, 0.2) is 12.7 Å². The second-order valence-electron chi connectivity index (χ2n) is 3.44. The van der Waals surface area contributed by atoms with E-state index in [2.05, 4.69) is 16.1 Å². The van der Waals surface area contributed by atoms with E-state index in [1.165, 1.54) is 0 Å². The molecule has 19 heavy (non-hydrogen) atoms. The highest BCUT2D eigenvalue weighted by Gasteiger charge is 2.37. The molecule has 1 heterocycles. The van der Waals surface area contributed by atoms with E-state index in [4.69, 9.17) is 22.8 Å². The van der Waals surface area contributed by atoms with Gasteiger partial charge in [0.25, 0.3) is 4.92 Å². The molecule has 0 saturated carbocycles. The summed E-state index contributed by atoms with van der Waals surface area (Å²) in [6.07, 6.45) is 5.09. The molecule has 8 heteroatoms. The Morgan fingerprint density at radius 1 is 1.74 bits per heavy atom. The minimum atomic E-state index is -0.771. The number of nitrogens with zero attached hydrogens (tertiary/aromatic N) is 1. The molecule has 2 rings (SSSR count). The maximum absolute atomic E-state index is 13.8. The fraction of sp³-hybridized carbons (Fsp3) is 0.273. The number of fused-ring (bicyclic) bond motifs is 1. The summed E-state index contributed by atoms with van der Waals surface area (Å²) in [6.45, 7) is 0.0828. The van der Waals surface area contributed by atoms with Gasteiger partial charge in [-0.3, -0.25) is 0 Å². The van der Waals surface area contributed by atoms with Gasteiger partial charge in [-0.05, 0) is 0 Å². The molecule has 0 aromatic heterocycles. The molecule has 0 radical (unpaired) electrons. The van der Waals surface area contributed by atoms with Gasteiger partial charge in [0.1, 0.15) is 11.5 Å². The molecule has 1 N–H and O–H groups in total. The number of hydrogen-bond donors (Lipinski definition) is 1. The van der Waals surface area contributed by atoms with E-state index in [-0.39, 0.29) is 22.2 Å². The number of hydrogen-bond acceptors (Lipinski definition) is 5. The van der Waals surface area contributed by atoms with Gasteiger partial charge in [0.05, 0.1) is 15.6 Å². The molecule has 1 aromatic carbocycles. The molecule has 1 unspecified atom stereocenters. The van der Waals surface area contributed by atoms with Crippen LogP contribution in [0, 0.1) is 23.1 Å². The number of nitrogens with one attached hydrogen (secondary N) is 1. The van der Waals surface area contributed by atoms with Gasteiger partial charge in [0, 0.05) is 6.07 Å². The first kappa shape index (κ1) is 13.9. The summed E-state index contributed by atoms with van der Waals surface area (Å²) in [4.78, 5) is 16.4. The van der Waals surface area contributed by atoms with Crippen molar-refractivity contribution < 1.29 is 18.9 Å². The Balaban J connectivity index is 2.39. The Morgan fingerprint density at radius 3 is 3.11 bits per heavy atom. The van der Waals surface area contributed by atoms with Gasteiger partial charge < -0.3 is 10.1 Å². The zero-order valence-corrected chi connectivity index (χ0v) is 11.3. The van der Waals surface area contributed by atoms with Crippen molar-refractivity contribution in [2.45, 2.75) is 10.5 Å².